The number of benzene rings is 3. The van der Waals surface area contributed by atoms with E-state index in [1.54, 1.807) is 0 Å². The molecule has 0 aliphatic carbocycles. The lowest BCUT2D eigenvalue weighted by Gasteiger charge is -2.37. The first-order valence-electron chi connectivity index (χ1n) is 6.82. The van der Waals surface area contributed by atoms with Crippen molar-refractivity contribution >= 4 is 33.4 Å². The van der Waals surface area contributed by atoms with E-state index in [0.29, 0.717) is 0 Å². The normalized spacial score (nSPS) is 11.2. The smallest absolute Gasteiger partial charge is 0.162 e. The Morgan fingerprint density at radius 1 is 0.450 bits per heavy atom. The predicted octanol–water partition coefficient (Wildman–Crippen LogP) is 2.89. The second kappa shape index (κ2) is 5.56. The first-order chi connectivity index (χ1) is 9.82. The maximum atomic E-state index is 7.18. The molecular formula is C18H15BCl-. The van der Waals surface area contributed by atoms with Gasteiger partial charge in [0.2, 0.25) is 0 Å². The SMILES string of the molecule is Cl[B-](c1ccccc1)(c1ccccc1)c1ccccc1. The molecule has 2 heteroatoms. The van der Waals surface area contributed by atoms with Gasteiger partial charge in [0.1, 0.15) is 0 Å². The summed E-state index contributed by atoms with van der Waals surface area (Å²) in [5.74, 6) is 0. The molecule has 0 atom stereocenters. The molecule has 0 aliphatic heterocycles. The van der Waals surface area contributed by atoms with Crippen molar-refractivity contribution in [3.05, 3.63) is 91.0 Å². The Morgan fingerprint density at radius 2 is 0.700 bits per heavy atom. The van der Waals surface area contributed by atoms with E-state index in [1.807, 2.05) is 54.6 Å². The van der Waals surface area contributed by atoms with E-state index in [9.17, 15) is 0 Å². The number of hydrogen-bond acceptors (Lipinski definition) is 0. The Bertz CT molecular complexity index is 569. The molecule has 20 heavy (non-hydrogen) atoms. The standard InChI is InChI=1S/C18H15BCl/c20-19(16-10-4-1-5-11-16,17-12-6-2-7-13-17)18-14-8-3-9-15-18/h1-15H/q-1. The fourth-order valence-corrected chi connectivity index (χ4v) is 3.17. The third-order valence-electron chi connectivity index (χ3n) is 3.78. The third kappa shape index (κ3) is 2.25. The van der Waals surface area contributed by atoms with Crippen molar-refractivity contribution in [2.24, 2.45) is 0 Å². The van der Waals surface area contributed by atoms with Crippen LogP contribution in [0.25, 0.3) is 0 Å². The fourth-order valence-electron chi connectivity index (χ4n) is 2.73. The van der Waals surface area contributed by atoms with Crippen LogP contribution in [-0.2, 0) is 0 Å². The van der Waals surface area contributed by atoms with Gasteiger partial charge in [-0.05, 0) is 0 Å². The summed E-state index contributed by atoms with van der Waals surface area (Å²) >= 11 is 7.18. The highest BCUT2D eigenvalue weighted by Crippen LogP contribution is 2.11. The van der Waals surface area contributed by atoms with E-state index in [0.717, 1.165) is 16.4 Å². The van der Waals surface area contributed by atoms with E-state index in [4.69, 9.17) is 11.5 Å². The predicted molar refractivity (Wildman–Crippen MR) is 89.8 cm³/mol. The second-order valence-electron chi connectivity index (χ2n) is 4.99. The minimum Gasteiger partial charge on any atom is -0.371 e. The summed E-state index contributed by atoms with van der Waals surface area (Å²) in [4.78, 5) is 0. The van der Waals surface area contributed by atoms with E-state index in [1.165, 1.54) is 0 Å². The van der Waals surface area contributed by atoms with Crippen molar-refractivity contribution in [2.75, 3.05) is 0 Å². The van der Waals surface area contributed by atoms with E-state index < -0.39 is 5.56 Å². The highest BCUT2D eigenvalue weighted by atomic mass is 35.5. The van der Waals surface area contributed by atoms with Crippen LogP contribution < -0.4 is 16.4 Å². The van der Waals surface area contributed by atoms with Crippen LogP contribution in [0.2, 0.25) is 0 Å². The van der Waals surface area contributed by atoms with Crippen molar-refractivity contribution in [1.82, 2.24) is 0 Å². The molecule has 0 saturated heterocycles. The molecule has 3 aromatic rings. The molecule has 0 radical (unpaired) electrons. The molecule has 3 rings (SSSR count). The van der Waals surface area contributed by atoms with Gasteiger partial charge in [-0.2, -0.15) is 16.4 Å². The molecule has 0 nitrogen and oxygen atoms in total. The summed E-state index contributed by atoms with van der Waals surface area (Å²) in [5.41, 5.74) is 2.00. The molecule has 0 aromatic heterocycles. The van der Waals surface area contributed by atoms with Gasteiger partial charge in [0, 0.05) is 0 Å². The molecule has 0 amide bonds. The number of rotatable bonds is 3. The molecule has 0 spiro atoms. The van der Waals surface area contributed by atoms with Crippen LogP contribution in [0.5, 0.6) is 0 Å². The van der Waals surface area contributed by atoms with Crippen molar-refractivity contribution in [2.45, 2.75) is 0 Å². The molecule has 0 N–H and O–H groups in total. The van der Waals surface area contributed by atoms with Gasteiger partial charge in [0.25, 0.3) is 0 Å². The summed E-state index contributed by atoms with van der Waals surface area (Å²) in [6.45, 7) is 0. The van der Waals surface area contributed by atoms with Crippen LogP contribution >= 0.6 is 11.5 Å². The topological polar surface area (TPSA) is 0 Å². The van der Waals surface area contributed by atoms with Crippen LogP contribution in [-0.4, -0.2) is 5.56 Å². The van der Waals surface area contributed by atoms with Crippen LogP contribution in [0.3, 0.4) is 0 Å². The lowest BCUT2D eigenvalue weighted by Crippen LogP contribution is -2.62. The minimum absolute atomic E-state index is 1.14. The van der Waals surface area contributed by atoms with Gasteiger partial charge in [-0.15, -0.1) is 0 Å². The molecule has 3 aromatic carbocycles. The molecule has 0 bridgehead atoms. The Morgan fingerprint density at radius 3 is 0.950 bits per heavy atom. The lowest BCUT2D eigenvalue weighted by atomic mass is 9.35. The highest BCUT2D eigenvalue weighted by molar-refractivity contribution is 7.40. The Balaban J connectivity index is 2.24. The molecule has 0 aliphatic rings. The average Bonchev–Trinajstić information content (AvgIpc) is 2.56. The zero-order valence-electron chi connectivity index (χ0n) is 11.1. The second-order valence-corrected chi connectivity index (χ2v) is 5.65. The van der Waals surface area contributed by atoms with Crippen LogP contribution in [0, 0.1) is 0 Å². The number of hydrogen-bond donors (Lipinski definition) is 0. The lowest BCUT2D eigenvalue weighted by molar-refractivity contribution is 1.70. The summed E-state index contributed by atoms with van der Waals surface area (Å²) in [6, 6.07) is 30.9. The molecule has 0 saturated carbocycles. The molecule has 0 unspecified atom stereocenters. The Hall–Kier alpha value is -1.99. The van der Waals surface area contributed by atoms with Crippen LogP contribution in [0.4, 0.5) is 0 Å². The third-order valence-corrected chi connectivity index (χ3v) is 4.53. The minimum atomic E-state index is -1.44. The maximum Gasteiger partial charge on any atom is 0.162 e. The van der Waals surface area contributed by atoms with E-state index >= 15 is 0 Å². The summed E-state index contributed by atoms with van der Waals surface area (Å²) in [5, 5.41) is 0. The van der Waals surface area contributed by atoms with Crippen molar-refractivity contribution < 1.29 is 0 Å². The van der Waals surface area contributed by atoms with Crippen molar-refractivity contribution in [1.29, 1.82) is 0 Å². The molecular weight excluding hydrogens is 262 g/mol. The van der Waals surface area contributed by atoms with Gasteiger partial charge >= 0.3 is 0 Å². The summed E-state index contributed by atoms with van der Waals surface area (Å²) in [7, 11) is 0. The summed E-state index contributed by atoms with van der Waals surface area (Å²) < 4.78 is 0. The van der Waals surface area contributed by atoms with Gasteiger partial charge in [-0.25, -0.2) is 0 Å². The fraction of sp³-hybridized carbons (Fsp3) is 0. The maximum absolute atomic E-state index is 7.18. The zero-order valence-corrected chi connectivity index (χ0v) is 11.9. The average molecular weight is 278 g/mol. The van der Waals surface area contributed by atoms with Gasteiger partial charge < -0.3 is 11.5 Å². The monoisotopic (exact) mass is 277 g/mol. The molecule has 0 fully saturated rings. The Labute approximate surface area is 124 Å². The first kappa shape index (κ1) is 13.0. The first-order valence-corrected chi connectivity index (χ1v) is 7.25. The van der Waals surface area contributed by atoms with Gasteiger partial charge in [0.05, 0.1) is 0 Å². The van der Waals surface area contributed by atoms with Crippen molar-refractivity contribution in [3.8, 4) is 0 Å². The highest BCUT2D eigenvalue weighted by Gasteiger charge is 2.26. The van der Waals surface area contributed by atoms with Crippen molar-refractivity contribution in [3.63, 3.8) is 0 Å². The quantitative estimate of drug-likeness (QED) is 0.646. The number of halogens is 1. The van der Waals surface area contributed by atoms with Gasteiger partial charge in [-0.1, -0.05) is 91.0 Å². The summed E-state index contributed by atoms with van der Waals surface area (Å²) in [6.07, 6.45) is 0. The van der Waals surface area contributed by atoms with Crippen LogP contribution in [0.15, 0.2) is 91.0 Å². The van der Waals surface area contributed by atoms with E-state index in [2.05, 4.69) is 36.4 Å². The zero-order chi connectivity index (χ0) is 13.8. The van der Waals surface area contributed by atoms with Gasteiger partial charge in [-0.3, -0.25) is 0 Å². The molecule has 0 heterocycles. The van der Waals surface area contributed by atoms with Crippen LogP contribution in [0.1, 0.15) is 0 Å². The van der Waals surface area contributed by atoms with E-state index in [-0.39, 0.29) is 0 Å². The largest absolute Gasteiger partial charge is 0.371 e. The Kier molecular flexibility index (Phi) is 3.62. The van der Waals surface area contributed by atoms with Gasteiger partial charge in [0.15, 0.2) is 5.56 Å². The molecule has 98 valence electrons.